The van der Waals surface area contributed by atoms with Gasteiger partial charge in [0, 0.05) is 16.1 Å². The van der Waals surface area contributed by atoms with E-state index in [2.05, 4.69) is 5.32 Å². The fourth-order valence-electron chi connectivity index (χ4n) is 1.42. The zero-order valence-electron chi connectivity index (χ0n) is 10.4. The minimum Gasteiger partial charge on any atom is -0.334 e. The van der Waals surface area contributed by atoms with Gasteiger partial charge in [0.15, 0.2) is 6.73 Å². The van der Waals surface area contributed by atoms with Gasteiger partial charge in [-0.15, -0.1) is 10.0 Å². The van der Waals surface area contributed by atoms with Crippen LogP contribution < -0.4 is 10.5 Å². The standard InChI is InChI=1S/C11H13Cl2N3O3/c1-7(2)14-11(17)15-6-18-16(19-15)10-4-8(12)3-9(13)5-10/h3-5,7H,6H2,1-2H3,(H,14,17). The molecule has 0 spiro atoms. The van der Waals surface area contributed by atoms with E-state index < -0.39 is 0 Å². The van der Waals surface area contributed by atoms with Gasteiger partial charge in [-0.2, -0.15) is 0 Å². The number of anilines is 1. The number of nitrogens with one attached hydrogen (secondary N) is 1. The molecular weight excluding hydrogens is 293 g/mol. The van der Waals surface area contributed by atoms with Crippen LogP contribution in [0.15, 0.2) is 18.2 Å². The van der Waals surface area contributed by atoms with Crippen LogP contribution in [0.1, 0.15) is 13.8 Å². The zero-order chi connectivity index (χ0) is 14.0. The largest absolute Gasteiger partial charge is 0.345 e. The van der Waals surface area contributed by atoms with Crippen LogP contribution in [0.2, 0.25) is 10.0 Å². The molecule has 19 heavy (non-hydrogen) atoms. The first-order valence-corrected chi connectivity index (χ1v) is 6.36. The first kappa shape index (κ1) is 14.2. The minimum atomic E-state index is -0.384. The van der Waals surface area contributed by atoms with Crippen molar-refractivity contribution in [3.05, 3.63) is 28.2 Å². The highest BCUT2D eigenvalue weighted by Gasteiger charge is 2.28. The Bertz CT molecular complexity index is 464. The molecule has 6 nitrogen and oxygen atoms in total. The fraction of sp³-hybridized carbons (Fsp3) is 0.364. The van der Waals surface area contributed by atoms with Crippen molar-refractivity contribution >= 4 is 34.9 Å². The number of nitrogens with zero attached hydrogens (tertiary/aromatic N) is 2. The summed E-state index contributed by atoms with van der Waals surface area (Å²) in [5, 5.41) is 5.70. The maximum absolute atomic E-state index is 11.7. The summed E-state index contributed by atoms with van der Waals surface area (Å²) in [4.78, 5) is 22.2. The van der Waals surface area contributed by atoms with Crippen LogP contribution in [-0.2, 0) is 9.78 Å². The fourth-order valence-corrected chi connectivity index (χ4v) is 1.94. The molecule has 2 rings (SSSR count). The lowest BCUT2D eigenvalue weighted by molar-refractivity contribution is -0.0946. The summed E-state index contributed by atoms with van der Waals surface area (Å²) >= 11 is 11.8. The highest BCUT2D eigenvalue weighted by atomic mass is 35.5. The molecule has 1 aromatic carbocycles. The molecule has 0 aromatic heterocycles. The van der Waals surface area contributed by atoms with Gasteiger partial charge in [0.2, 0.25) is 0 Å². The smallest absolute Gasteiger partial charge is 0.334 e. The Labute approximate surface area is 120 Å². The highest BCUT2D eigenvalue weighted by Crippen LogP contribution is 2.28. The van der Waals surface area contributed by atoms with E-state index in [-0.39, 0.29) is 18.8 Å². The summed E-state index contributed by atoms with van der Waals surface area (Å²) in [6, 6.07) is 4.43. The van der Waals surface area contributed by atoms with E-state index in [1.807, 2.05) is 13.8 Å². The van der Waals surface area contributed by atoms with Gasteiger partial charge in [-0.05, 0) is 32.0 Å². The predicted octanol–water partition coefficient (Wildman–Crippen LogP) is 2.97. The number of hydroxylamine groups is 2. The van der Waals surface area contributed by atoms with E-state index >= 15 is 0 Å². The molecule has 1 heterocycles. The number of hydrogen-bond donors (Lipinski definition) is 1. The number of urea groups is 1. The summed E-state index contributed by atoms with van der Waals surface area (Å²) in [6.07, 6.45) is 0. The van der Waals surface area contributed by atoms with Crippen molar-refractivity contribution in [3.63, 3.8) is 0 Å². The quantitative estimate of drug-likeness (QED) is 0.912. The first-order valence-electron chi connectivity index (χ1n) is 5.61. The number of carbonyl (C=O) groups excluding carboxylic acids is 1. The van der Waals surface area contributed by atoms with Crippen LogP contribution in [0.5, 0.6) is 0 Å². The molecule has 0 atom stereocenters. The van der Waals surface area contributed by atoms with Crippen molar-refractivity contribution in [3.8, 4) is 0 Å². The van der Waals surface area contributed by atoms with Gasteiger partial charge in [0.05, 0.1) is 0 Å². The highest BCUT2D eigenvalue weighted by molar-refractivity contribution is 6.35. The van der Waals surface area contributed by atoms with Crippen molar-refractivity contribution < 1.29 is 14.6 Å². The molecular formula is C11H13Cl2N3O3. The lowest BCUT2D eigenvalue weighted by Crippen LogP contribution is -2.41. The molecule has 1 aliphatic heterocycles. The number of amides is 2. The van der Waals surface area contributed by atoms with Gasteiger partial charge >= 0.3 is 6.03 Å². The molecule has 0 radical (unpaired) electrons. The summed E-state index contributed by atoms with van der Waals surface area (Å²) in [5.74, 6) is 0. The van der Waals surface area contributed by atoms with Gasteiger partial charge in [0.25, 0.3) is 0 Å². The molecule has 8 heteroatoms. The normalized spacial score (nSPS) is 15.2. The average molecular weight is 306 g/mol. The molecule has 0 unspecified atom stereocenters. The van der Waals surface area contributed by atoms with Gasteiger partial charge < -0.3 is 5.32 Å². The Kier molecular flexibility index (Phi) is 4.36. The van der Waals surface area contributed by atoms with Crippen LogP contribution in [-0.4, -0.2) is 23.9 Å². The van der Waals surface area contributed by atoms with Gasteiger partial charge in [-0.3, -0.25) is 0 Å². The lowest BCUT2D eigenvalue weighted by atomic mass is 10.3. The predicted molar refractivity (Wildman–Crippen MR) is 71.5 cm³/mol. The third-order valence-corrected chi connectivity index (χ3v) is 2.60. The second-order valence-electron chi connectivity index (χ2n) is 4.21. The Balaban J connectivity index is 2.03. The van der Waals surface area contributed by atoms with E-state index in [4.69, 9.17) is 33.0 Å². The lowest BCUT2D eigenvalue weighted by Gasteiger charge is -2.17. The SMILES string of the molecule is CC(C)NC(=O)N1CON(c2cc(Cl)cc(Cl)c2)O1. The number of benzene rings is 1. The van der Waals surface area contributed by atoms with Crippen molar-refractivity contribution in [2.24, 2.45) is 0 Å². The number of rotatable bonds is 2. The van der Waals surface area contributed by atoms with Crippen molar-refractivity contribution in [1.29, 1.82) is 0 Å². The monoisotopic (exact) mass is 305 g/mol. The molecule has 1 N–H and O–H groups in total. The van der Waals surface area contributed by atoms with E-state index in [0.29, 0.717) is 15.7 Å². The van der Waals surface area contributed by atoms with Crippen LogP contribution in [0.4, 0.5) is 10.5 Å². The summed E-state index contributed by atoms with van der Waals surface area (Å²) in [6.45, 7) is 3.68. The average Bonchev–Trinajstić information content (AvgIpc) is 2.75. The van der Waals surface area contributed by atoms with Gasteiger partial charge in [-0.1, -0.05) is 28.4 Å². The van der Waals surface area contributed by atoms with Crippen molar-refractivity contribution in [2.45, 2.75) is 19.9 Å². The Hall–Kier alpha value is -1.21. The van der Waals surface area contributed by atoms with Crippen LogP contribution in [0.25, 0.3) is 0 Å². The third kappa shape index (κ3) is 3.63. The molecule has 1 aliphatic rings. The molecule has 0 bridgehead atoms. The number of hydrogen-bond acceptors (Lipinski definition) is 4. The Morgan fingerprint density at radius 1 is 1.32 bits per heavy atom. The second kappa shape index (κ2) is 5.83. The summed E-state index contributed by atoms with van der Waals surface area (Å²) in [5.41, 5.74) is 0.498. The topological polar surface area (TPSA) is 54.0 Å². The Morgan fingerprint density at radius 2 is 1.95 bits per heavy atom. The van der Waals surface area contributed by atoms with Crippen molar-refractivity contribution in [1.82, 2.24) is 10.4 Å². The summed E-state index contributed by atoms with van der Waals surface area (Å²) in [7, 11) is 0. The third-order valence-electron chi connectivity index (χ3n) is 2.16. The molecule has 1 saturated heterocycles. The molecule has 1 fully saturated rings. The van der Waals surface area contributed by atoms with Crippen LogP contribution in [0, 0.1) is 0 Å². The van der Waals surface area contributed by atoms with E-state index in [1.165, 1.54) is 0 Å². The van der Waals surface area contributed by atoms with E-state index in [0.717, 1.165) is 10.3 Å². The molecule has 0 aliphatic carbocycles. The number of carbonyl (C=O) groups is 1. The molecule has 1 aromatic rings. The molecule has 104 valence electrons. The summed E-state index contributed by atoms with van der Waals surface area (Å²) < 4.78 is 0. The van der Waals surface area contributed by atoms with Gasteiger partial charge in [0.1, 0.15) is 5.69 Å². The minimum absolute atomic E-state index is 0.00534. The van der Waals surface area contributed by atoms with Crippen LogP contribution in [0.3, 0.4) is 0 Å². The first-order chi connectivity index (χ1) is 8.95. The maximum Gasteiger partial charge on any atom is 0.345 e. The number of halogens is 2. The van der Waals surface area contributed by atoms with Gasteiger partial charge in [-0.25, -0.2) is 9.63 Å². The van der Waals surface area contributed by atoms with E-state index in [9.17, 15) is 4.79 Å². The second-order valence-corrected chi connectivity index (χ2v) is 5.08. The van der Waals surface area contributed by atoms with Crippen molar-refractivity contribution in [2.75, 3.05) is 12.0 Å². The van der Waals surface area contributed by atoms with Crippen LogP contribution >= 0.6 is 23.2 Å². The van der Waals surface area contributed by atoms with E-state index in [1.54, 1.807) is 18.2 Å². The zero-order valence-corrected chi connectivity index (χ0v) is 11.9. The molecule has 2 amide bonds. The maximum atomic E-state index is 11.7. The molecule has 0 saturated carbocycles. The Morgan fingerprint density at radius 3 is 2.53 bits per heavy atom.